The molecule has 0 aliphatic heterocycles. The molecule has 0 aliphatic carbocycles. The van der Waals surface area contributed by atoms with E-state index in [1.165, 1.54) is 5.56 Å². The molecule has 1 N–H and O–H groups in total. The van der Waals surface area contributed by atoms with E-state index in [1.807, 2.05) is 45.0 Å². The summed E-state index contributed by atoms with van der Waals surface area (Å²) in [5.74, 6) is -0.183. The highest BCUT2D eigenvalue weighted by Gasteiger charge is 2.11. The maximum absolute atomic E-state index is 12.2. The minimum Gasteiger partial charge on any atom is -0.322 e. The fourth-order valence-electron chi connectivity index (χ4n) is 1.95. The number of rotatable bonds is 2. The van der Waals surface area contributed by atoms with Gasteiger partial charge in [-0.1, -0.05) is 35.4 Å². The molecule has 0 spiro atoms. The van der Waals surface area contributed by atoms with Crippen LogP contribution in [-0.4, -0.2) is 5.91 Å². The van der Waals surface area contributed by atoms with E-state index in [2.05, 4.69) is 5.32 Å². The lowest BCUT2D eigenvalue weighted by molar-refractivity contribution is 0.102. The van der Waals surface area contributed by atoms with Crippen LogP contribution in [0.1, 0.15) is 27.0 Å². The van der Waals surface area contributed by atoms with Gasteiger partial charge >= 0.3 is 0 Å². The van der Waals surface area contributed by atoms with Gasteiger partial charge in [-0.3, -0.25) is 4.79 Å². The van der Waals surface area contributed by atoms with Gasteiger partial charge in [-0.05, 0) is 50.1 Å². The van der Waals surface area contributed by atoms with Gasteiger partial charge in [0.05, 0.1) is 10.6 Å². The van der Waals surface area contributed by atoms with Gasteiger partial charge in [0.15, 0.2) is 0 Å². The zero-order valence-corrected chi connectivity index (χ0v) is 12.0. The standard InChI is InChI=1S/C16H16ClNO/c1-10-5-7-15(12(3)8-10)18-16(19)13-6-4-11(2)9-14(13)17/h4-9H,1-3H3,(H,18,19). The van der Waals surface area contributed by atoms with E-state index in [-0.39, 0.29) is 5.91 Å². The summed E-state index contributed by atoms with van der Waals surface area (Å²) in [6.07, 6.45) is 0. The van der Waals surface area contributed by atoms with Crippen molar-refractivity contribution >= 4 is 23.2 Å². The largest absolute Gasteiger partial charge is 0.322 e. The van der Waals surface area contributed by atoms with Crippen LogP contribution in [0.4, 0.5) is 5.69 Å². The third-order valence-corrected chi connectivity index (χ3v) is 3.31. The number of benzene rings is 2. The first-order chi connectivity index (χ1) is 8.97. The number of hydrogen-bond donors (Lipinski definition) is 1. The minimum absolute atomic E-state index is 0.183. The number of amides is 1. The molecule has 19 heavy (non-hydrogen) atoms. The summed E-state index contributed by atoms with van der Waals surface area (Å²) in [7, 11) is 0. The van der Waals surface area contributed by atoms with Crippen molar-refractivity contribution in [2.24, 2.45) is 0 Å². The molecule has 0 saturated heterocycles. The molecule has 98 valence electrons. The third kappa shape index (κ3) is 3.15. The van der Waals surface area contributed by atoms with Gasteiger partial charge in [0.1, 0.15) is 0 Å². The first-order valence-electron chi connectivity index (χ1n) is 6.12. The molecule has 0 bridgehead atoms. The molecular weight excluding hydrogens is 258 g/mol. The number of halogens is 1. The normalized spacial score (nSPS) is 10.3. The lowest BCUT2D eigenvalue weighted by Gasteiger charge is -2.10. The van der Waals surface area contributed by atoms with Crippen molar-refractivity contribution in [1.82, 2.24) is 0 Å². The van der Waals surface area contributed by atoms with Crippen LogP contribution < -0.4 is 5.32 Å². The monoisotopic (exact) mass is 273 g/mol. The van der Waals surface area contributed by atoms with E-state index in [4.69, 9.17) is 11.6 Å². The molecule has 3 heteroatoms. The van der Waals surface area contributed by atoms with Gasteiger partial charge < -0.3 is 5.32 Å². The number of carbonyl (C=O) groups excluding carboxylic acids is 1. The highest BCUT2D eigenvalue weighted by atomic mass is 35.5. The number of nitrogens with one attached hydrogen (secondary N) is 1. The van der Waals surface area contributed by atoms with Crippen molar-refractivity contribution in [2.75, 3.05) is 5.32 Å². The van der Waals surface area contributed by atoms with Gasteiger partial charge in [0.25, 0.3) is 5.91 Å². The predicted molar refractivity (Wildman–Crippen MR) is 80.1 cm³/mol. The average Bonchev–Trinajstić information content (AvgIpc) is 2.32. The Morgan fingerprint density at radius 2 is 1.63 bits per heavy atom. The Bertz CT molecular complexity index is 635. The Balaban J connectivity index is 2.25. The minimum atomic E-state index is -0.183. The molecule has 0 aliphatic rings. The van der Waals surface area contributed by atoms with Crippen LogP contribution in [0.3, 0.4) is 0 Å². The number of aryl methyl sites for hydroxylation is 3. The molecule has 0 atom stereocenters. The third-order valence-electron chi connectivity index (χ3n) is 3.00. The quantitative estimate of drug-likeness (QED) is 0.856. The van der Waals surface area contributed by atoms with Crippen molar-refractivity contribution < 1.29 is 4.79 Å². The molecule has 0 saturated carbocycles. The smallest absolute Gasteiger partial charge is 0.257 e. The van der Waals surface area contributed by atoms with Gasteiger partial charge in [-0.15, -0.1) is 0 Å². The van der Waals surface area contributed by atoms with E-state index < -0.39 is 0 Å². The summed E-state index contributed by atoms with van der Waals surface area (Å²) >= 11 is 6.09. The Morgan fingerprint density at radius 1 is 1.00 bits per heavy atom. The zero-order valence-electron chi connectivity index (χ0n) is 11.3. The molecule has 2 aromatic rings. The molecule has 0 fully saturated rings. The van der Waals surface area contributed by atoms with Crippen molar-refractivity contribution in [3.8, 4) is 0 Å². The molecule has 0 unspecified atom stereocenters. The molecule has 0 radical (unpaired) electrons. The second kappa shape index (κ2) is 5.45. The Morgan fingerprint density at radius 3 is 2.26 bits per heavy atom. The summed E-state index contributed by atoms with van der Waals surface area (Å²) in [6.45, 7) is 5.94. The second-order valence-electron chi connectivity index (χ2n) is 4.76. The van der Waals surface area contributed by atoms with Crippen molar-refractivity contribution in [3.63, 3.8) is 0 Å². The topological polar surface area (TPSA) is 29.1 Å². The maximum Gasteiger partial charge on any atom is 0.257 e. The van der Waals surface area contributed by atoms with Crippen molar-refractivity contribution in [3.05, 3.63) is 63.7 Å². The van der Waals surface area contributed by atoms with E-state index >= 15 is 0 Å². The highest BCUT2D eigenvalue weighted by molar-refractivity contribution is 6.34. The number of carbonyl (C=O) groups is 1. The Kier molecular flexibility index (Phi) is 3.91. The first kappa shape index (κ1) is 13.6. The summed E-state index contributed by atoms with van der Waals surface area (Å²) in [5, 5.41) is 3.36. The summed E-state index contributed by atoms with van der Waals surface area (Å²) in [4.78, 5) is 12.2. The number of hydrogen-bond acceptors (Lipinski definition) is 1. The Labute approximate surface area is 118 Å². The molecule has 0 heterocycles. The fraction of sp³-hybridized carbons (Fsp3) is 0.188. The lowest BCUT2D eigenvalue weighted by atomic mass is 10.1. The van der Waals surface area contributed by atoms with Crippen LogP contribution in [0, 0.1) is 20.8 Å². The fourth-order valence-corrected chi connectivity index (χ4v) is 2.27. The van der Waals surface area contributed by atoms with Crippen molar-refractivity contribution in [1.29, 1.82) is 0 Å². The van der Waals surface area contributed by atoms with Crippen LogP contribution in [0.15, 0.2) is 36.4 Å². The average molecular weight is 274 g/mol. The van der Waals surface area contributed by atoms with E-state index in [0.717, 1.165) is 16.8 Å². The summed E-state index contributed by atoms with van der Waals surface area (Å²) in [5.41, 5.74) is 4.55. The molecule has 2 nitrogen and oxygen atoms in total. The van der Waals surface area contributed by atoms with Crippen molar-refractivity contribution in [2.45, 2.75) is 20.8 Å². The molecule has 2 rings (SSSR count). The second-order valence-corrected chi connectivity index (χ2v) is 5.16. The lowest BCUT2D eigenvalue weighted by Crippen LogP contribution is -2.13. The maximum atomic E-state index is 12.2. The predicted octanol–water partition coefficient (Wildman–Crippen LogP) is 4.52. The van der Waals surface area contributed by atoms with Crippen LogP contribution in [-0.2, 0) is 0 Å². The van der Waals surface area contributed by atoms with Gasteiger partial charge in [0.2, 0.25) is 0 Å². The van der Waals surface area contributed by atoms with E-state index in [0.29, 0.717) is 10.6 Å². The van der Waals surface area contributed by atoms with Gasteiger partial charge in [-0.2, -0.15) is 0 Å². The molecular formula is C16H16ClNO. The molecule has 0 aromatic heterocycles. The molecule has 1 amide bonds. The summed E-state index contributed by atoms with van der Waals surface area (Å²) < 4.78 is 0. The van der Waals surface area contributed by atoms with Crippen LogP contribution in [0.25, 0.3) is 0 Å². The molecule has 2 aromatic carbocycles. The number of anilines is 1. The SMILES string of the molecule is Cc1ccc(NC(=O)c2ccc(C)cc2Cl)c(C)c1. The van der Waals surface area contributed by atoms with Gasteiger partial charge in [0, 0.05) is 5.69 Å². The van der Waals surface area contributed by atoms with E-state index in [9.17, 15) is 4.79 Å². The highest BCUT2D eigenvalue weighted by Crippen LogP contribution is 2.21. The summed E-state index contributed by atoms with van der Waals surface area (Å²) in [6, 6.07) is 11.3. The Hall–Kier alpha value is -1.80. The zero-order chi connectivity index (χ0) is 14.0. The van der Waals surface area contributed by atoms with Crippen LogP contribution in [0.2, 0.25) is 5.02 Å². The van der Waals surface area contributed by atoms with Crippen LogP contribution >= 0.6 is 11.6 Å². The van der Waals surface area contributed by atoms with Crippen LogP contribution in [0.5, 0.6) is 0 Å². The van der Waals surface area contributed by atoms with E-state index in [1.54, 1.807) is 12.1 Å². The van der Waals surface area contributed by atoms with Gasteiger partial charge in [-0.25, -0.2) is 0 Å². The first-order valence-corrected chi connectivity index (χ1v) is 6.50.